The van der Waals surface area contributed by atoms with Crippen LogP contribution in [0.15, 0.2) is 30.3 Å². The maximum absolute atomic E-state index is 11.0. The first-order valence-electron chi connectivity index (χ1n) is 4.85. The molecule has 0 aliphatic carbocycles. The van der Waals surface area contributed by atoms with E-state index < -0.39 is 11.9 Å². The van der Waals surface area contributed by atoms with Crippen LogP contribution in [0.4, 0.5) is 0 Å². The number of carbonyl (C=O) groups is 1. The summed E-state index contributed by atoms with van der Waals surface area (Å²) in [4.78, 5) is 11.0. The minimum atomic E-state index is -0.855. The summed E-state index contributed by atoms with van der Waals surface area (Å²) in [6, 6.07) is 9.07. The molecule has 0 spiro atoms. The van der Waals surface area contributed by atoms with E-state index in [1.54, 1.807) is 12.1 Å². The fraction of sp³-hybridized carbons (Fsp3) is 0.364. The van der Waals surface area contributed by atoms with Gasteiger partial charge in [0.05, 0.1) is 12.5 Å². The first kappa shape index (κ1) is 11.7. The highest BCUT2D eigenvalue weighted by molar-refractivity contribution is 5.76. The number of benzene rings is 1. The van der Waals surface area contributed by atoms with Crippen molar-refractivity contribution in [3.63, 3.8) is 0 Å². The SMILES string of the molecule is O=C(O)C(CNCCO)c1ccccc1. The summed E-state index contributed by atoms with van der Waals surface area (Å²) in [7, 11) is 0. The number of aliphatic hydroxyl groups excluding tert-OH is 1. The molecule has 0 radical (unpaired) electrons. The summed E-state index contributed by atoms with van der Waals surface area (Å²) >= 11 is 0. The van der Waals surface area contributed by atoms with E-state index in [9.17, 15) is 4.79 Å². The smallest absolute Gasteiger partial charge is 0.312 e. The zero-order valence-corrected chi connectivity index (χ0v) is 8.39. The van der Waals surface area contributed by atoms with Gasteiger partial charge in [-0.05, 0) is 5.56 Å². The maximum Gasteiger partial charge on any atom is 0.312 e. The van der Waals surface area contributed by atoms with Gasteiger partial charge in [0, 0.05) is 13.1 Å². The average molecular weight is 209 g/mol. The van der Waals surface area contributed by atoms with Gasteiger partial charge in [-0.2, -0.15) is 0 Å². The van der Waals surface area contributed by atoms with Gasteiger partial charge in [0.2, 0.25) is 0 Å². The van der Waals surface area contributed by atoms with Crippen molar-refractivity contribution in [1.29, 1.82) is 0 Å². The molecular weight excluding hydrogens is 194 g/mol. The molecule has 1 rings (SSSR count). The number of carboxylic acid groups (broad SMARTS) is 1. The van der Waals surface area contributed by atoms with Gasteiger partial charge in [0.15, 0.2) is 0 Å². The van der Waals surface area contributed by atoms with Crippen LogP contribution in [0.2, 0.25) is 0 Å². The van der Waals surface area contributed by atoms with E-state index in [0.29, 0.717) is 13.1 Å². The van der Waals surface area contributed by atoms with Crippen molar-refractivity contribution < 1.29 is 15.0 Å². The quantitative estimate of drug-likeness (QED) is 0.594. The number of rotatable bonds is 6. The molecule has 15 heavy (non-hydrogen) atoms. The van der Waals surface area contributed by atoms with Crippen molar-refractivity contribution in [2.45, 2.75) is 5.92 Å². The van der Waals surface area contributed by atoms with Crippen molar-refractivity contribution in [2.75, 3.05) is 19.7 Å². The lowest BCUT2D eigenvalue weighted by molar-refractivity contribution is -0.138. The van der Waals surface area contributed by atoms with Crippen LogP contribution in [-0.2, 0) is 4.79 Å². The molecule has 1 aromatic rings. The number of aliphatic hydroxyl groups is 1. The number of hydrogen-bond donors (Lipinski definition) is 3. The second kappa shape index (κ2) is 6.16. The molecule has 0 saturated carbocycles. The molecule has 4 nitrogen and oxygen atoms in total. The second-order valence-electron chi connectivity index (χ2n) is 3.23. The third kappa shape index (κ3) is 3.69. The molecule has 0 amide bonds. The molecular formula is C11H15NO3. The summed E-state index contributed by atoms with van der Waals surface area (Å²) in [6.07, 6.45) is 0. The van der Waals surface area contributed by atoms with Crippen LogP contribution in [0.1, 0.15) is 11.5 Å². The standard InChI is InChI=1S/C11H15NO3/c13-7-6-12-8-10(11(14)15)9-4-2-1-3-5-9/h1-5,10,12-13H,6-8H2,(H,14,15). The summed E-state index contributed by atoms with van der Waals surface area (Å²) < 4.78 is 0. The first-order chi connectivity index (χ1) is 7.25. The lowest BCUT2D eigenvalue weighted by Gasteiger charge is -2.12. The van der Waals surface area contributed by atoms with Gasteiger partial charge in [0.1, 0.15) is 0 Å². The van der Waals surface area contributed by atoms with Crippen molar-refractivity contribution >= 4 is 5.97 Å². The van der Waals surface area contributed by atoms with Crippen LogP contribution >= 0.6 is 0 Å². The largest absolute Gasteiger partial charge is 0.481 e. The fourth-order valence-electron chi connectivity index (χ4n) is 1.36. The molecule has 0 heterocycles. The number of carboxylic acids is 1. The van der Waals surface area contributed by atoms with Crippen LogP contribution in [0, 0.1) is 0 Å². The summed E-state index contributed by atoms with van der Waals surface area (Å²) in [5.41, 5.74) is 0.774. The Morgan fingerprint density at radius 2 is 2.00 bits per heavy atom. The van der Waals surface area contributed by atoms with E-state index >= 15 is 0 Å². The highest BCUT2D eigenvalue weighted by Gasteiger charge is 2.18. The number of hydrogen-bond acceptors (Lipinski definition) is 3. The van der Waals surface area contributed by atoms with E-state index in [4.69, 9.17) is 10.2 Å². The summed E-state index contributed by atoms with van der Waals surface area (Å²) in [5, 5.41) is 20.5. The number of nitrogens with one attached hydrogen (secondary N) is 1. The molecule has 82 valence electrons. The summed E-state index contributed by atoms with van der Waals surface area (Å²) in [6.45, 7) is 0.762. The predicted octanol–water partition coefficient (Wildman–Crippen LogP) is 0.437. The van der Waals surface area contributed by atoms with Crippen molar-refractivity contribution in [3.8, 4) is 0 Å². The van der Waals surface area contributed by atoms with Crippen LogP contribution in [0.5, 0.6) is 0 Å². The van der Waals surface area contributed by atoms with E-state index in [-0.39, 0.29) is 6.61 Å². The Labute approximate surface area is 88.6 Å². The minimum absolute atomic E-state index is 0.0150. The molecule has 0 bridgehead atoms. The molecule has 0 saturated heterocycles. The van der Waals surface area contributed by atoms with Crippen LogP contribution in [0.25, 0.3) is 0 Å². The van der Waals surface area contributed by atoms with Crippen LogP contribution in [0.3, 0.4) is 0 Å². The molecule has 0 aliphatic heterocycles. The van der Waals surface area contributed by atoms with Crippen molar-refractivity contribution in [1.82, 2.24) is 5.32 Å². The zero-order valence-electron chi connectivity index (χ0n) is 8.39. The monoisotopic (exact) mass is 209 g/mol. The average Bonchev–Trinajstić information content (AvgIpc) is 2.25. The van der Waals surface area contributed by atoms with Gasteiger partial charge in [-0.25, -0.2) is 0 Å². The third-order valence-electron chi connectivity index (χ3n) is 2.14. The highest BCUT2D eigenvalue weighted by atomic mass is 16.4. The molecule has 1 aromatic carbocycles. The topological polar surface area (TPSA) is 69.6 Å². The Balaban J connectivity index is 2.62. The van der Waals surface area contributed by atoms with Gasteiger partial charge in [-0.15, -0.1) is 0 Å². The van der Waals surface area contributed by atoms with Gasteiger partial charge >= 0.3 is 5.97 Å². The molecule has 3 N–H and O–H groups in total. The Bertz CT molecular complexity index is 300. The molecule has 1 atom stereocenters. The molecule has 1 unspecified atom stereocenters. The number of aliphatic carboxylic acids is 1. The minimum Gasteiger partial charge on any atom is -0.481 e. The first-order valence-corrected chi connectivity index (χ1v) is 4.85. The molecule has 4 heteroatoms. The van der Waals surface area contributed by atoms with Gasteiger partial charge < -0.3 is 15.5 Å². The van der Waals surface area contributed by atoms with E-state index in [0.717, 1.165) is 5.56 Å². The Kier molecular flexibility index (Phi) is 4.80. The second-order valence-corrected chi connectivity index (χ2v) is 3.23. The molecule has 0 fully saturated rings. The Morgan fingerprint density at radius 3 is 2.53 bits per heavy atom. The predicted molar refractivity (Wildman–Crippen MR) is 56.8 cm³/mol. The normalized spacial score (nSPS) is 12.3. The molecule has 0 aliphatic rings. The van der Waals surface area contributed by atoms with Crippen molar-refractivity contribution in [2.24, 2.45) is 0 Å². The fourth-order valence-corrected chi connectivity index (χ4v) is 1.36. The Morgan fingerprint density at radius 1 is 1.33 bits per heavy atom. The van der Waals surface area contributed by atoms with Crippen molar-refractivity contribution in [3.05, 3.63) is 35.9 Å². The summed E-state index contributed by atoms with van der Waals surface area (Å²) in [5.74, 6) is -1.41. The Hall–Kier alpha value is -1.39. The van der Waals surface area contributed by atoms with E-state index in [1.807, 2.05) is 18.2 Å². The highest BCUT2D eigenvalue weighted by Crippen LogP contribution is 2.14. The maximum atomic E-state index is 11.0. The van der Waals surface area contributed by atoms with E-state index in [2.05, 4.69) is 5.32 Å². The lowest BCUT2D eigenvalue weighted by atomic mass is 9.99. The van der Waals surface area contributed by atoms with Crippen LogP contribution in [-0.4, -0.2) is 35.9 Å². The van der Waals surface area contributed by atoms with Crippen LogP contribution < -0.4 is 5.32 Å². The molecule has 0 aromatic heterocycles. The zero-order chi connectivity index (χ0) is 11.1. The lowest BCUT2D eigenvalue weighted by Crippen LogP contribution is -2.28. The van der Waals surface area contributed by atoms with Gasteiger partial charge in [-0.1, -0.05) is 30.3 Å². The van der Waals surface area contributed by atoms with Gasteiger partial charge in [0.25, 0.3) is 0 Å². The van der Waals surface area contributed by atoms with E-state index in [1.165, 1.54) is 0 Å². The third-order valence-corrected chi connectivity index (χ3v) is 2.14. The van der Waals surface area contributed by atoms with Gasteiger partial charge in [-0.3, -0.25) is 4.79 Å².